The van der Waals surface area contributed by atoms with E-state index in [1.807, 2.05) is 66.7 Å². The predicted octanol–water partition coefficient (Wildman–Crippen LogP) is 5.91. The lowest BCUT2D eigenvalue weighted by Crippen LogP contribution is -2.54. The van der Waals surface area contributed by atoms with Crippen molar-refractivity contribution in [3.05, 3.63) is 118 Å². The van der Waals surface area contributed by atoms with Gasteiger partial charge < -0.3 is 33.8 Å². The van der Waals surface area contributed by atoms with E-state index in [0.717, 1.165) is 28.2 Å². The summed E-state index contributed by atoms with van der Waals surface area (Å²) in [5.74, 6) is 1.60. The number of nitrogens with two attached hydrogens (primary N) is 1. The number of aromatic nitrogens is 2. The molecule has 6 rings (SSSR count). The highest BCUT2D eigenvalue weighted by Gasteiger charge is 2.65. The zero-order valence-corrected chi connectivity index (χ0v) is 29.6. The normalized spacial score (nSPS) is 22.5. The van der Waals surface area contributed by atoms with Crippen LogP contribution >= 0.6 is 0 Å². The molecule has 2 N–H and O–H groups in total. The molecule has 2 aliphatic rings. The summed E-state index contributed by atoms with van der Waals surface area (Å²) in [6.07, 6.45) is -0.279. The van der Waals surface area contributed by atoms with E-state index >= 15 is 0 Å². The van der Waals surface area contributed by atoms with Gasteiger partial charge in [0.2, 0.25) is 0 Å². The molecule has 0 amide bonds. The summed E-state index contributed by atoms with van der Waals surface area (Å²) in [7, 11) is 0.925. The van der Waals surface area contributed by atoms with E-state index in [1.165, 1.54) is 4.57 Å². The lowest BCUT2D eigenvalue weighted by Gasteiger charge is -2.43. The Morgan fingerprint density at radius 2 is 1.46 bits per heavy atom. The third-order valence-corrected chi connectivity index (χ3v) is 14.5. The average Bonchev–Trinajstić information content (AvgIpc) is 3.56. The summed E-state index contributed by atoms with van der Waals surface area (Å²) in [5.41, 5.74) is 5.87. The summed E-state index contributed by atoms with van der Waals surface area (Å²) < 4.78 is 40.3. The van der Waals surface area contributed by atoms with Crippen LogP contribution in [0.5, 0.6) is 11.5 Å². The topological polar surface area (TPSA) is 116 Å². The molecule has 4 aromatic rings. The molecule has 1 aromatic heterocycles. The zero-order chi connectivity index (χ0) is 34.3. The van der Waals surface area contributed by atoms with Crippen molar-refractivity contribution in [1.82, 2.24) is 9.55 Å². The second-order valence-corrected chi connectivity index (χ2v) is 18.7. The average molecular weight is 672 g/mol. The van der Waals surface area contributed by atoms with Crippen molar-refractivity contribution >= 4 is 14.1 Å². The number of fused-ring (bicyclic) bond motifs is 2. The summed E-state index contributed by atoms with van der Waals surface area (Å²) in [5, 5.41) is -0.0911. The van der Waals surface area contributed by atoms with Crippen molar-refractivity contribution in [3.63, 3.8) is 0 Å². The van der Waals surface area contributed by atoms with Gasteiger partial charge in [-0.15, -0.1) is 0 Å². The fraction of sp³-hybridized carbons (Fsp3) is 0.405. The van der Waals surface area contributed by atoms with Gasteiger partial charge in [-0.2, -0.15) is 4.98 Å². The lowest BCUT2D eigenvalue weighted by atomic mass is 9.79. The van der Waals surface area contributed by atoms with Crippen LogP contribution in [0, 0.1) is 0 Å². The zero-order valence-electron chi connectivity index (χ0n) is 28.6. The molecule has 0 unspecified atom stereocenters. The quantitative estimate of drug-likeness (QED) is 0.154. The first kappa shape index (κ1) is 33.9. The highest BCUT2D eigenvalue weighted by molar-refractivity contribution is 6.74. The summed E-state index contributed by atoms with van der Waals surface area (Å²) >= 11 is 0. The van der Waals surface area contributed by atoms with Crippen LogP contribution in [-0.4, -0.2) is 63.1 Å². The monoisotopic (exact) mass is 671 g/mol. The minimum Gasteiger partial charge on any atom is -0.497 e. The maximum Gasteiger partial charge on any atom is 0.351 e. The van der Waals surface area contributed by atoms with Crippen molar-refractivity contribution in [1.29, 1.82) is 0 Å². The highest BCUT2D eigenvalue weighted by Crippen LogP contribution is 2.51. The van der Waals surface area contributed by atoms with Crippen molar-refractivity contribution in [2.75, 3.05) is 33.2 Å². The van der Waals surface area contributed by atoms with Crippen molar-refractivity contribution in [2.24, 2.45) is 0 Å². The van der Waals surface area contributed by atoms with Gasteiger partial charge in [0.25, 0.3) is 0 Å². The number of rotatable bonds is 11. The van der Waals surface area contributed by atoms with Gasteiger partial charge in [-0.25, -0.2) is 4.79 Å². The fourth-order valence-electron chi connectivity index (χ4n) is 6.31. The van der Waals surface area contributed by atoms with E-state index < -0.39 is 43.6 Å². The molecule has 254 valence electrons. The SMILES string of the molecule is COc1ccc(C(OC[C@]23CO[C@H]([C@H](n4ccc(N)nc4=O)O2)[C@H]3O[Si](C)(C)C(C)(C)C)(c2ccccc2)c2ccc(OC)cc2)cc1. The van der Waals surface area contributed by atoms with Gasteiger partial charge in [-0.3, -0.25) is 4.57 Å². The molecule has 2 saturated heterocycles. The van der Waals surface area contributed by atoms with Crippen molar-refractivity contribution < 1.29 is 28.1 Å². The molecular weight excluding hydrogens is 627 g/mol. The Morgan fingerprint density at radius 3 is 1.98 bits per heavy atom. The number of hydrogen-bond acceptors (Lipinski definition) is 9. The standard InChI is InChI=1S/C37H45N3O7Si/c1-35(2,3)48(6,7)47-32-31-33(40-22-21-30(38)39-34(40)41)46-36(32,23-44-31)24-45-37(25-11-9-8-10-12-25,26-13-17-28(42-4)18-14-26)27-15-19-29(43-5)20-16-27/h8-22,31-33H,23-24H2,1-7H3,(H2,38,39,41)/t31-,32+,33+,36-/m0/s1. The first-order valence-corrected chi connectivity index (χ1v) is 19.0. The van der Waals surface area contributed by atoms with Gasteiger partial charge >= 0.3 is 5.69 Å². The van der Waals surface area contributed by atoms with E-state index in [4.69, 9.17) is 33.8 Å². The van der Waals surface area contributed by atoms with Crippen molar-refractivity contribution in [3.8, 4) is 11.5 Å². The molecule has 0 spiro atoms. The van der Waals surface area contributed by atoms with Crippen LogP contribution in [0.15, 0.2) is 95.9 Å². The lowest BCUT2D eigenvalue weighted by molar-refractivity contribution is -0.203. The van der Waals surface area contributed by atoms with E-state index in [2.05, 4.69) is 51.0 Å². The van der Waals surface area contributed by atoms with Crippen LogP contribution in [0.4, 0.5) is 5.82 Å². The van der Waals surface area contributed by atoms with Crippen LogP contribution < -0.4 is 20.9 Å². The predicted molar refractivity (Wildman–Crippen MR) is 186 cm³/mol. The summed E-state index contributed by atoms with van der Waals surface area (Å²) in [6, 6.07) is 27.5. The smallest absolute Gasteiger partial charge is 0.351 e. The van der Waals surface area contributed by atoms with E-state index in [-0.39, 0.29) is 24.1 Å². The second-order valence-electron chi connectivity index (χ2n) is 14.0. The molecular formula is C37H45N3O7Si. The Bertz CT molecular complexity index is 1730. The number of hydrogen-bond donors (Lipinski definition) is 1. The molecule has 11 heteroatoms. The van der Waals surface area contributed by atoms with Gasteiger partial charge in [0, 0.05) is 6.20 Å². The third-order valence-electron chi connectivity index (χ3n) is 10.0. The summed E-state index contributed by atoms with van der Waals surface area (Å²) in [4.78, 5) is 17.0. The van der Waals surface area contributed by atoms with Crippen molar-refractivity contribution in [2.45, 2.75) is 68.5 Å². The Hall–Kier alpha value is -4.00. The first-order chi connectivity index (χ1) is 22.8. The van der Waals surface area contributed by atoms with Gasteiger partial charge in [-0.05, 0) is 65.2 Å². The maximum atomic E-state index is 13.1. The molecule has 4 atom stereocenters. The number of ether oxygens (including phenoxy) is 5. The van der Waals surface area contributed by atoms with Crippen LogP contribution in [0.2, 0.25) is 18.1 Å². The minimum atomic E-state index is -2.37. The van der Waals surface area contributed by atoms with Crippen LogP contribution in [0.1, 0.15) is 43.7 Å². The van der Waals surface area contributed by atoms with Crippen LogP contribution in [0.3, 0.4) is 0 Å². The molecule has 0 saturated carbocycles. The molecule has 2 aliphatic heterocycles. The van der Waals surface area contributed by atoms with E-state index in [9.17, 15) is 4.79 Å². The molecule has 3 aromatic carbocycles. The summed E-state index contributed by atoms with van der Waals surface area (Å²) in [6.45, 7) is 11.3. The van der Waals surface area contributed by atoms with Gasteiger partial charge in [-0.1, -0.05) is 75.4 Å². The maximum absolute atomic E-state index is 13.1. The number of nitrogen functional groups attached to an aromatic ring is 1. The molecule has 10 nitrogen and oxygen atoms in total. The van der Waals surface area contributed by atoms with Crippen LogP contribution in [0.25, 0.3) is 0 Å². The first-order valence-electron chi connectivity index (χ1n) is 16.1. The Balaban J connectivity index is 1.48. The van der Waals surface area contributed by atoms with Gasteiger partial charge in [0.05, 0.1) is 27.4 Å². The second kappa shape index (κ2) is 12.8. The largest absolute Gasteiger partial charge is 0.497 e. The van der Waals surface area contributed by atoms with Gasteiger partial charge in [0.1, 0.15) is 40.7 Å². The Kier molecular flexibility index (Phi) is 9.03. The fourth-order valence-corrected chi connectivity index (χ4v) is 7.65. The number of nitrogens with zero attached hydrogens (tertiary/aromatic N) is 2. The number of benzene rings is 3. The molecule has 48 heavy (non-hydrogen) atoms. The molecule has 0 radical (unpaired) electrons. The number of anilines is 1. The Labute approximate surface area is 282 Å². The van der Waals surface area contributed by atoms with E-state index in [1.54, 1.807) is 26.5 Å². The highest BCUT2D eigenvalue weighted by atomic mass is 28.4. The molecule has 2 fully saturated rings. The third kappa shape index (κ3) is 5.94. The minimum absolute atomic E-state index is 0.0867. The van der Waals surface area contributed by atoms with E-state index in [0.29, 0.717) is 0 Å². The number of methoxy groups -OCH3 is 2. The molecule has 0 aliphatic carbocycles. The molecule has 2 bridgehead atoms. The van der Waals surface area contributed by atoms with Crippen LogP contribution in [-0.2, 0) is 24.2 Å². The van der Waals surface area contributed by atoms with Gasteiger partial charge in [0.15, 0.2) is 14.5 Å². The Morgan fingerprint density at radius 1 is 0.896 bits per heavy atom. The molecule has 3 heterocycles.